The molecule has 2 heterocycles. The fourth-order valence-corrected chi connectivity index (χ4v) is 3.62. The van der Waals surface area contributed by atoms with E-state index in [9.17, 15) is 18.0 Å². The van der Waals surface area contributed by atoms with Gasteiger partial charge in [0.15, 0.2) is 6.61 Å². The molecule has 0 unspecified atom stereocenters. The Balaban J connectivity index is 1.34. The van der Waals surface area contributed by atoms with Crippen molar-refractivity contribution in [2.45, 2.75) is 38.7 Å². The van der Waals surface area contributed by atoms with Gasteiger partial charge in [0, 0.05) is 44.1 Å². The minimum atomic E-state index is -4.45. The number of rotatable bonds is 6. The number of para-hydroxylation sites is 1. The van der Waals surface area contributed by atoms with Gasteiger partial charge < -0.3 is 18.8 Å². The summed E-state index contributed by atoms with van der Waals surface area (Å²) in [5.74, 6) is -0.0316. The molecule has 2 aromatic carbocycles. The molecule has 0 spiro atoms. The summed E-state index contributed by atoms with van der Waals surface area (Å²) < 4.78 is 55.6. The Kier molecular flexibility index (Phi) is 6.52. The highest BCUT2D eigenvalue weighted by molar-refractivity contribution is 5.65. The van der Waals surface area contributed by atoms with Crippen LogP contribution in [-0.2, 0) is 22.3 Å². The van der Waals surface area contributed by atoms with Crippen LogP contribution in [0.5, 0.6) is 5.75 Å². The quantitative estimate of drug-likeness (QED) is 0.485. The average Bonchev–Trinajstić information content (AvgIpc) is 3.27. The summed E-state index contributed by atoms with van der Waals surface area (Å²) in [5, 5.41) is 7.81. The summed E-state index contributed by atoms with van der Waals surface area (Å²) in [6.07, 6.45) is -3.51. The highest BCUT2D eigenvalue weighted by atomic mass is 19.4. The van der Waals surface area contributed by atoms with Crippen LogP contribution in [0.4, 0.5) is 18.9 Å². The maximum atomic E-state index is 13.2. The molecule has 1 aliphatic heterocycles. The van der Waals surface area contributed by atoms with E-state index < -0.39 is 17.7 Å². The SMILES string of the molecule is CC(=O)OCc1nnc(-c2ccc(N3CCC(Oc4ccccc4C(F)(F)F)CC3)cc2)o1. The molecular formula is C23H22F3N3O4. The predicted octanol–water partition coefficient (Wildman–Crippen LogP) is 4.87. The van der Waals surface area contributed by atoms with Gasteiger partial charge in [0.25, 0.3) is 5.89 Å². The van der Waals surface area contributed by atoms with Crippen LogP contribution in [-0.4, -0.2) is 35.4 Å². The Morgan fingerprint density at radius 3 is 2.45 bits per heavy atom. The molecule has 0 N–H and O–H groups in total. The zero-order chi connectivity index (χ0) is 23.4. The first-order chi connectivity index (χ1) is 15.8. The van der Waals surface area contributed by atoms with Crippen molar-refractivity contribution in [2.75, 3.05) is 18.0 Å². The molecule has 1 aliphatic rings. The molecular weight excluding hydrogens is 439 g/mol. The summed E-state index contributed by atoms with van der Waals surface area (Å²) >= 11 is 0. The predicted molar refractivity (Wildman–Crippen MR) is 113 cm³/mol. The van der Waals surface area contributed by atoms with Crippen LogP contribution < -0.4 is 9.64 Å². The Bertz CT molecular complexity index is 1090. The number of halogens is 3. The number of alkyl halides is 3. The van der Waals surface area contributed by atoms with Crippen molar-refractivity contribution >= 4 is 11.7 Å². The zero-order valence-electron chi connectivity index (χ0n) is 17.8. The van der Waals surface area contributed by atoms with E-state index in [4.69, 9.17) is 13.9 Å². The Hall–Kier alpha value is -3.56. The number of carbonyl (C=O) groups excluding carboxylic acids is 1. The zero-order valence-corrected chi connectivity index (χ0v) is 17.8. The van der Waals surface area contributed by atoms with E-state index in [1.54, 1.807) is 6.07 Å². The van der Waals surface area contributed by atoms with Gasteiger partial charge >= 0.3 is 12.1 Å². The standard InChI is InChI=1S/C23H22F3N3O4/c1-15(30)31-14-21-27-28-22(33-21)16-6-8-17(9-7-16)29-12-10-18(11-13-29)32-20-5-3-2-4-19(20)23(24,25)26/h2-9,18H,10-14H2,1H3. The summed E-state index contributed by atoms with van der Waals surface area (Å²) in [4.78, 5) is 13.0. The van der Waals surface area contributed by atoms with Crippen LogP contribution in [0.1, 0.15) is 31.2 Å². The van der Waals surface area contributed by atoms with E-state index in [1.807, 2.05) is 24.3 Å². The molecule has 0 radical (unpaired) electrons. The first kappa shape index (κ1) is 22.6. The lowest BCUT2D eigenvalue weighted by Crippen LogP contribution is -2.38. The molecule has 10 heteroatoms. The maximum absolute atomic E-state index is 13.2. The lowest BCUT2D eigenvalue weighted by Gasteiger charge is -2.34. The number of ether oxygens (including phenoxy) is 2. The molecule has 0 aliphatic carbocycles. The lowest BCUT2D eigenvalue weighted by molar-refractivity contribution is -0.143. The van der Waals surface area contributed by atoms with E-state index in [0.29, 0.717) is 31.8 Å². The summed E-state index contributed by atoms with van der Waals surface area (Å²) in [5.41, 5.74) is 0.954. The minimum absolute atomic E-state index is 0.0785. The number of piperidine rings is 1. The second-order valence-electron chi connectivity index (χ2n) is 7.63. The molecule has 7 nitrogen and oxygen atoms in total. The first-order valence-corrected chi connectivity index (χ1v) is 10.4. The molecule has 174 valence electrons. The van der Waals surface area contributed by atoms with Crippen molar-refractivity contribution in [2.24, 2.45) is 0 Å². The first-order valence-electron chi connectivity index (χ1n) is 10.4. The van der Waals surface area contributed by atoms with Gasteiger partial charge in [0.1, 0.15) is 11.9 Å². The molecule has 0 bridgehead atoms. The van der Waals surface area contributed by atoms with Gasteiger partial charge in [-0.1, -0.05) is 12.1 Å². The van der Waals surface area contributed by atoms with Crippen molar-refractivity contribution < 1.29 is 31.9 Å². The normalized spacial score (nSPS) is 14.8. The monoisotopic (exact) mass is 461 g/mol. The molecule has 1 aromatic heterocycles. The Morgan fingerprint density at radius 1 is 1.09 bits per heavy atom. The van der Waals surface area contributed by atoms with Gasteiger partial charge in [-0.3, -0.25) is 4.79 Å². The van der Waals surface area contributed by atoms with Gasteiger partial charge in [-0.25, -0.2) is 0 Å². The van der Waals surface area contributed by atoms with Crippen LogP contribution in [0, 0.1) is 0 Å². The second kappa shape index (κ2) is 9.51. The van der Waals surface area contributed by atoms with Gasteiger partial charge in [0.05, 0.1) is 5.56 Å². The fraction of sp³-hybridized carbons (Fsp3) is 0.348. The molecule has 33 heavy (non-hydrogen) atoms. The van der Waals surface area contributed by atoms with Gasteiger partial charge in [-0.2, -0.15) is 13.2 Å². The number of hydrogen-bond acceptors (Lipinski definition) is 7. The molecule has 1 fully saturated rings. The van der Waals surface area contributed by atoms with Crippen molar-refractivity contribution in [1.29, 1.82) is 0 Å². The van der Waals surface area contributed by atoms with E-state index in [1.165, 1.54) is 19.1 Å². The number of hydrogen-bond donors (Lipinski definition) is 0. The average molecular weight is 461 g/mol. The molecule has 4 rings (SSSR count). The van der Waals surface area contributed by atoms with E-state index >= 15 is 0 Å². The molecule has 0 amide bonds. The van der Waals surface area contributed by atoms with E-state index in [2.05, 4.69) is 15.1 Å². The van der Waals surface area contributed by atoms with Crippen LogP contribution >= 0.6 is 0 Å². The summed E-state index contributed by atoms with van der Waals surface area (Å²) in [6, 6.07) is 12.8. The van der Waals surface area contributed by atoms with Crippen LogP contribution in [0.3, 0.4) is 0 Å². The third kappa shape index (κ3) is 5.63. The van der Waals surface area contributed by atoms with Crippen LogP contribution in [0.2, 0.25) is 0 Å². The summed E-state index contributed by atoms with van der Waals surface area (Å²) in [6.45, 7) is 2.54. The third-order valence-corrected chi connectivity index (χ3v) is 5.27. The van der Waals surface area contributed by atoms with Crippen molar-refractivity contribution in [3.63, 3.8) is 0 Å². The second-order valence-corrected chi connectivity index (χ2v) is 7.63. The summed E-state index contributed by atoms with van der Waals surface area (Å²) in [7, 11) is 0. The Morgan fingerprint density at radius 2 is 1.79 bits per heavy atom. The highest BCUT2D eigenvalue weighted by Crippen LogP contribution is 2.37. The van der Waals surface area contributed by atoms with E-state index in [0.717, 1.165) is 17.3 Å². The van der Waals surface area contributed by atoms with Gasteiger partial charge in [-0.15, -0.1) is 10.2 Å². The number of aromatic nitrogens is 2. The van der Waals surface area contributed by atoms with Crippen LogP contribution in [0.15, 0.2) is 52.9 Å². The number of nitrogens with zero attached hydrogens (tertiary/aromatic N) is 3. The largest absolute Gasteiger partial charge is 0.490 e. The third-order valence-electron chi connectivity index (χ3n) is 5.27. The van der Waals surface area contributed by atoms with Gasteiger partial charge in [-0.05, 0) is 36.4 Å². The lowest BCUT2D eigenvalue weighted by atomic mass is 10.1. The number of benzene rings is 2. The minimum Gasteiger partial charge on any atom is -0.490 e. The van der Waals surface area contributed by atoms with Crippen molar-refractivity contribution in [3.05, 3.63) is 60.0 Å². The van der Waals surface area contributed by atoms with Crippen molar-refractivity contribution in [3.8, 4) is 17.2 Å². The number of carbonyl (C=O) groups is 1. The number of esters is 1. The fourth-order valence-electron chi connectivity index (χ4n) is 3.62. The molecule has 3 aromatic rings. The Labute approximate surface area is 188 Å². The van der Waals surface area contributed by atoms with Crippen LogP contribution in [0.25, 0.3) is 11.5 Å². The van der Waals surface area contributed by atoms with Crippen molar-refractivity contribution in [1.82, 2.24) is 10.2 Å². The van der Waals surface area contributed by atoms with Gasteiger partial charge in [0.2, 0.25) is 5.89 Å². The highest BCUT2D eigenvalue weighted by Gasteiger charge is 2.35. The molecule has 0 atom stereocenters. The topological polar surface area (TPSA) is 77.7 Å². The smallest absolute Gasteiger partial charge is 0.419 e. The molecule has 0 saturated carbocycles. The maximum Gasteiger partial charge on any atom is 0.419 e. The molecule has 1 saturated heterocycles. The van der Waals surface area contributed by atoms with E-state index in [-0.39, 0.29) is 24.4 Å². The number of anilines is 1.